The topological polar surface area (TPSA) is 41.6 Å². The number of likely N-dealkylation sites (N-methyl/N-ethyl adjacent to an activating group) is 1. The largest absolute Gasteiger partial charge is 0.465 e. The van der Waals surface area contributed by atoms with Crippen LogP contribution in [0.3, 0.4) is 0 Å². The van der Waals surface area contributed by atoms with Crippen molar-refractivity contribution in [2.24, 2.45) is 5.92 Å². The van der Waals surface area contributed by atoms with Crippen molar-refractivity contribution in [3.8, 4) is 0 Å². The van der Waals surface area contributed by atoms with Crippen LogP contribution in [0.25, 0.3) is 0 Å². The van der Waals surface area contributed by atoms with Gasteiger partial charge in [-0.05, 0) is 58.7 Å². The first-order valence-electron chi connectivity index (χ1n) is 7.73. The van der Waals surface area contributed by atoms with Gasteiger partial charge in [-0.25, -0.2) is 4.79 Å². The van der Waals surface area contributed by atoms with E-state index in [2.05, 4.69) is 24.1 Å². The van der Waals surface area contributed by atoms with Crippen molar-refractivity contribution in [1.29, 1.82) is 0 Å². The van der Waals surface area contributed by atoms with Crippen molar-refractivity contribution in [2.75, 3.05) is 33.3 Å². The van der Waals surface area contributed by atoms with Crippen molar-refractivity contribution < 1.29 is 9.53 Å². The Hall–Kier alpha value is -0.610. The number of hydrogen-bond acceptors (Lipinski definition) is 4. The van der Waals surface area contributed by atoms with E-state index in [4.69, 9.17) is 4.74 Å². The third-order valence-corrected chi connectivity index (χ3v) is 3.91. The van der Waals surface area contributed by atoms with E-state index >= 15 is 0 Å². The Kier molecular flexibility index (Phi) is 6.80. The van der Waals surface area contributed by atoms with Gasteiger partial charge in [-0.15, -0.1) is 0 Å². The molecule has 0 heterocycles. The average Bonchev–Trinajstić information content (AvgIpc) is 3.21. The maximum Gasteiger partial charge on any atom is 0.327 e. The van der Waals surface area contributed by atoms with E-state index in [1.54, 1.807) is 0 Å². The third-order valence-electron chi connectivity index (χ3n) is 3.91. The van der Waals surface area contributed by atoms with Gasteiger partial charge in [0.05, 0.1) is 6.61 Å². The Balaban J connectivity index is 2.79. The molecule has 1 saturated carbocycles. The van der Waals surface area contributed by atoms with E-state index in [0.717, 1.165) is 45.3 Å². The molecule has 0 bridgehead atoms. The highest BCUT2D eigenvalue weighted by Crippen LogP contribution is 2.41. The van der Waals surface area contributed by atoms with Crippen molar-refractivity contribution in [3.05, 3.63) is 0 Å². The molecule has 1 N–H and O–H groups in total. The van der Waals surface area contributed by atoms with Gasteiger partial charge in [0, 0.05) is 6.54 Å². The fourth-order valence-electron chi connectivity index (χ4n) is 2.84. The molecular weight excluding hydrogens is 240 g/mol. The van der Waals surface area contributed by atoms with Gasteiger partial charge in [-0.3, -0.25) is 0 Å². The van der Waals surface area contributed by atoms with Gasteiger partial charge in [-0.2, -0.15) is 0 Å². The first-order chi connectivity index (χ1) is 9.14. The number of carbonyl (C=O) groups is 1. The summed E-state index contributed by atoms with van der Waals surface area (Å²) in [6, 6.07) is 0. The molecule has 1 aliphatic rings. The zero-order chi connectivity index (χ0) is 14.3. The molecule has 0 aromatic rings. The summed E-state index contributed by atoms with van der Waals surface area (Å²) in [5.74, 6) is 0.366. The van der Waals surface area contributed by atoms with E-state index in [0.29, 0.717) is 12.5 Å². The Morgan fingerprint density at radius 3 is 2.21 bits per heavy atom. The zero-order valence-corrected chi connectivity index (χ0v) is 13.0. The Morgan fingerprint density at radius 1 is 1.26 bits per heavy atom. The van der Waals surface area contributed by atoms with Gasteiger partial charge in [0.2, 0.25) is 0 Å². The molecule has 0 aromatic carbocycles. The molecule has 1 unspecified atom stereocenters. The van der Waals surface area contributed by atoms with Crippen LogP contribution in [0.2, 0.25) is 0 Å². The minimum atomic E-state index is -0.500. The number of rotatable bonds is 10. The van der Waals surface area contributed by atoms with Crippen LogP contribution in [0.4, 0.5) is 0 Å². The van der Waals surface area contributed by atoms with Crippen LogP contribution in [0.15, 0.2) is 0 Å². The Bertz CT molecular complexity index is 273. The number of esters is 1. The van der Waals surface area contributed by atoms with Gasteiger partial charge in [0.1, 0.15) is 5.54 Å². The molecule has 4 heteroatoms. The second-order valence-corrected chi connectivity index (χ2v) is 5.49. The van der Waals surface area contributed by atoms with Crippen molar-refractivity contribution in [3.63, 3.8) is 0 Å². The van der Waals surface area contributed by atoms with Crippen LogP contribution >= 0.6 is 0 Å². The number of nitrogens with one attached hydrogen (secondary N) is 1. The average molecular weight is 270 g/mol. The highest BCUT2D eigenvalue weighted by atomic mass is 16.5. The predicted molar refractivity (Wildman–Crippen MR) is 78.2 cm³/mol. The highest BCUT2D eigenvalue weighted by molar-refractivity contribution is 5.82. The summed E-state index contributed by atoms with van der Waals surface area (Å²) in [5, 5.41) is 3.29. The Morgan fingerprint density at radius 2 is 1.84 bits per heavy atom. The SMILES string of the molecule is CCCN(CCC)CC(NC)(C(=O)OCC)C1CC1. The van der Waals surface area contributed by atoms with Gasteiger partial charge >= 0.3 is 5.97 Å². The van der Waals surface area contributed by atoms with Crippen LogP contribution in [-0.2, 0) is 9.53 Å². The van der Waals surface area contributed by atoms with Gasteiger partial charge in [0.25, 0.3) is 0 Å². The van der Waals surface area contributed by atoms with Crippen LogP contribution < -0.4 is 5.32 Å². The summed E-state index contributed by atoms with van der Waals surface area (Å²) in [7, 11) is 1.89. The molecule has 0 saturated heterocycles. The smallest absolute Gasteiger partial charge is 0.327 e. The summed E-state index contributed by atoms with van der Waals surface area (Å²) < 4.78 is 5.33. The van der Waals surface area contributed by atoms with Crippen LogP contribution in [0.1, 0.15) is 46.5 Å². The standard InChI is InChI=1S/C15H30N2O2/c1-5-10-17(11-6-2)12-15(16-4,13-8-9-13)14(18)19-7-3/h13,16H,5-12H2,1-4H3. The van der Waals surface area contributed by atoms with E-state index < -0.39 is 5.54 Å². The summed E-state index contributed by atoms with van der Waals surface area (Å²) in [6.07, 6.45) is 4.50. The monoisotopic (exact) mass is 270 g/mol. The summed E-state index contributed by atoms with van der Waals surface area (Å²) in [6.45, 7) is 9.56. The third kappa shape index (κ3) is 4.18. The number of carbonyl (C=O) groups excluding carboxylic acids is 1. The molecule has 19 heavy (non-hydrogen) atoms. The maximum atomic E-state index is 12.4. The number of nitrogens with zero attached hydrogens (tertiary/aromatic N) is 1. The summed E-state index contributed by atoms with van der Waals surface area (Å²) >= 11 is 0. The molecular formula is C15H30N2O2. The molecule has 1 atom stereocenters. The fraction of sp³-hybridized carbons (Fsp3) is 0.933. The highest BCUT2D eigenvalue weighted by Gasteiger charge is 2.51. The van der Waals surface area contributed by atoms with E-state index in [9.17, 15) is 4.79 Å². The molecule has 0 spiro atoms. The van der Waals surface area contributed by atoms with E-state index in [1.165, 1.54) is 0 Å². The second-order valence-electron chi connectivity index (χ2n) is 5.49. The molecule has 0 aromatic heterocycles. The second kappa shape index (κ2) is 7.85. The molecule has 1 fully saturated rings. The molecule has 1 rings (SSSR count). The van der Waals surface area contributed by atoms with Crippen molar-refractivity contribution >= 4 is 5.97 Å². The predicted octanol–water partition coefficient (Wildman–Crippen LogP) is 2.04. The summed E-state index contributed by atoms with van der Waals surface area (Å²) in [4.78, 5) is 14.8. The molecule has 1 aliphatic carbocycles. The minimum Gasteiger partial charge on any atom is -0.465 e. The van der Waals surface area contributed by atoms with Crippen molar-refractivity contribution in [2.45, 2.75) is 52.0 Å². The minimum absolute atomic E-state index is 0.0720. The summed E-state index contributed by atoms with van der Waals surface area (Å²) in [5.41, 5.74) is -0.500. The fourth-order valence-corrected chi connectivity index (χ4v) is 2.84. The molecule has 112 valence electrons. The lowest BCUT2D eigenvalue weighted by molar-refractivity contribution is -0.153. The van der Waals surface area contributed by atoms with E-state index in [1.807, 2.05) is 14.0 Å². The van der Waals surface area contributed by atoms with Crippen molar-refractivity contribution in [1.82, 2.24) is 10.2 Å². The van der Waals surface area contributed by atoms with Gasteiger partial charge in [-0.1, -0.05) is 13.8 Å². The zero-order valence-electron chi connectivity index (χ0n) is 13.0. The van der Waals surface area contributed by atoms with Crippen LogP contribution in [0, 0.1) is 5.92 Å². The maximum absolute atomic E-state index is 12.4. The lowest BCUT2D eigenvalue weighted by atomic mass is 9.92. The lowest BCUT2D eigenvalue weighted by Crippen LogP contribution is -2.60. The molecule has 0 amide bonds. The van der Waals surface area contributed by atoms with Gasteiger partial charge < -0.3 is 15.0 Å². The number of ether oxygens (including phenoxy) is 1. The van der Waals surface area contributed by atoms with Crippen LogP contribution in [-0.4, -0.2) is 49.7 Å². The Labute approximate surface area is 117 Å². The van der Waals surface area contributed by atoms with E-state index in [-0.39, 0.29) is 5.97 Å². The van der Waals surface area contributed by atoms with Gasteiger partial charge in [0.15, 0.2) is 0 Å². The molecule has 0 radical (unpaired) electrons. The quantitative estimate of drug-likeness (QED) is 0.617. The molecule has 0 aliphatic heterocycles. The first kappa shape index (κ1) is 16.4. The normalized spacial score (nSPS) is 18.4. The number of hydrogen-bond donors (Lipinski definition) is 1. The molecule has 4 nitrogen and oxygen atoms in total. The lowest BCUT2D eigenvalue weighted by Gasteiger charge is -2.36. The van der Waals surface area contributed by atoms with Crippen LogP contribution in [0.5, 0.6) is 0 Å². The first-order valence-corrected chi connectivity index (χ1v) is 7.73.